The number of anilines is 2. The molecule has 0 radical (unpaired) electrons. The van der Waals surface area contributed by atoms with Crippen molar-refractivity contribution < 1.29 is 0 Å². The van der Waals surface area contributed by atoms with Gasteiger partial charge in [0.05, 0.1) is 5.69 Å². The van der Waals surface area contributed by atoms with Gasteiger partial charge in [0.15, 0.2) is 0 Å². The first-order chi connectivity index (χ1) is 9.67. The Morgan fingerprint density at radius 3 is 2.75 bits per heavy atom. The first-order valence-corrected chi connectivity index (χ1v) is 6.99. The average Bonchev–Trinajstić information content (AvgIpc) is 2.81. The minimum Gasteiger partial charge on any atom is -0.370 e. The van der Waals surface area contributed by atoms with Crippen molar-refractivity contribution in [1.29, 1.82) is 0 Å². The molecule has 108 valence electrons. The van der Waals surface area contributed by atoms with Gasteiger partial charge in [-0.1, -0.05) is 6.92 Å². The zero-order valence-corrected chi connectivity index (χ0v) is 12.3. The molecule has 6 heteroatoms. The summed E-state index contributed by atoms with van der Waals surface area (Å²) in [4.78, 5) is 8.81. The van der Waals surface area contributed by atoms with Gasteiger partial charge >= 0.3 is 0 Å². The van der Waals surface area contributed by atoms with E-state index in [1.165, 1.54) is 0 Å². The topological polar surface area (TPSA) is 67.7 Å². The Morgan fingerprint density at radius 1 is 1.20 bits per heavy atom. The molecule has 0 aliphatic carbocycles. The number of aryl methyl sites for hydroxylation is 2. The van der Waals surface area contributed by atoms with E-state index < -0.39 is 0 Å². The van der Waals surface area contributed by atoms with Gasteiger partial charge < -0.3 is 10.6 Å². The highest BCUT2D eigenvalue weighted by Gasteiger charge is 2.02. The van der Waals surface area contributed by atoms with Gasteiger partial charge in [0.25, 0.3) is 0 Å². The van der Waals surface area contributed by atoms with Gasteiger partial charge in [-0.3, -0.25) is 4.68 Å². The smallest absolute Gasteiger partial charge is 0.224 e. The number of nitrogens with one attached hydrogen (secondary N) is 2. The van der Waals surface area contributed by atoms with Crippen molar-refractivity contribution in [1.82, 2.24) is 19.7 Å². The molecule has 0 aromatic carbocycles. The number of hydrogen-bond donors (Lipinski definition) is 2. The van der Waals surface area contributed by atoms with Crippen LogP contribution in [-0.4, -0.2) is 32.8 Å². The van der Waals surface area contributed by atoms with E-state index in [0.717, 1.165) is 43.1 Å². The Kier molecular flexibility index (Phi) is 4.92. The largest absolute Gasteiger partial charge is 0.370 e. The van der Waals surface area contributed by atoms with E-state index >= 15 is 0 Å². The number of hydrogen-bond acceptors (Lipinski definition) is 5. The molecule has 0 fully saturated rings. The third-order valence-corrected chi connectivity index (χ3v) is 2.84. The standard InChI is InChI=1S/C14H22N6/c1-4-7-16-14-17-11(2)10-13(18-14)15-8-5-12-6-9-20(3)19-12/h6,9-10H,4-5,7-8H2,1-3H3,(H2,15,16,17,18). The van der Waals surface area contributed by atoms with Crippen LogP contribution in [0, 0.1) is 6.92 Å². The highest BCUT2D eigenvalue weighted by Crippen LogP contribution is 2.09. The van der Waals surface area contributed by atoms with Crippen molar-refractivity contribution in [2.45, 2.75) is 26.7 Å². The number of rotatable bonds is 7. The summed E-state index contributed by atoms with van der Waals surface area (Å²) in [5.41, 5.74) is 2.04. The maximum atomic E-state index is 4.45. The quantitative estimate of drug-likeness (QED) is 0.808. The van der Waals surface area contributed by atoms with Crippen LogP contribution < -0.4 is 10.6 Å². The molecular formula is C14H22N6. The van der Waals surface area contributed by atoms with Gasteiger partial charge in [0.1, 0.15) is 5.82 Å². The molecule has 2 rings (SSSR count). The van der Waals surface area contributed by atoms with Gasteiger partial charge in [0.2, 0.25) is 5.95 Å². The maximum absolute atomic E-state index is 4.45. The first kappa shape index (κ1) is 14.3. The monoisotopic (exact) mass is 274 g/mol. The molecule has 2 aromatic rings. The minimum absolute atomic E-state index is 0.687. The van der Waals surface area contributed by atoms with E-state index in [-0.39, 0.29) is 0 Å². The predicted molar refractivity (Wildman–Crippen MR) is 81.0 cm³/mol. The minimum atomic E-state index is 0.687. The SMILES string of the molecule is CCCNc1nc(C)cc(NCCc2ccn(C)n2)n1. The average molecular weight is 274 g/mol. The second-order valence-corrected chi connectivity index (χ2v) is 4.80. The lowest BCUT2D eigenvalue weighted by molar-refractivity contribution is 0.742. The van der Waals surface area contributed by atoms with Crippen molar-refractivity contribution in [3.63, 3.8) is 0 Å². The van der Waals surface area contributed by atoms with Crippen LogP contribution in [0.25, 0.3) is 0 Å². The van der Waals surface area contributed by atoms with Crippen molar-refractivity contribution in [2.75, 3.05) is 23.7 Å². The van der Waals surface area contributed by atoms with E-state index in [2.05, 4.69) is 32.6 Å². The lowest BCUT2D eigenvalue weighted by atomic mass is 10.3. The summed E-state index contributed by atoms with van der Waals surface area (Å²) in [5, 5.41) is 10.9. The highest BCUT2D eigenvalue weighted by atomic mass is 15.2. The Morgan fingerprint density at radius 2 is 2.05 bits per heavy atom. The maximum Gasteiger partial charge on any atom is 0.224 e. The third-order valence-electron chi connectivity index (χ3n) is 2.84. The van der Waals surface area contributed by atoms with Crippen LogP contribution in [0.5, 0.6) is 0 Å². The fourth-order valence-corrected chi connectivity index (χ4v) is 1.89. The molecule has 20 heavy (non-hydrogen) atoms. The summed E-state index contributed by atoms with van der Waals surface area (Å²) in [6.07, 6.45) is 3.89. The second kappa shape index (κ2) is 6.88. The number of aromatic nitrogens is 4. The second-order valence-electron chi connectivity index (χ2n) is 4.80. The molecule has 0 unspecified atom stereocenters. The van der Waals surface area contributed by atoms with Crippen LogP contribution in [0.3, 0.4) is 0 Å². The zero-order chi connectivity index (χ0) is 14.4. The van der Waals surface area contributed by atoms with Crippen LogP contribution in [0.1, 0.15) is 24.7 Å². The van der Waals surface area contributed by atoms with Gasteiger partial charge in [-0.15, -0.1) is 0 Å². The fourth-order valence-electron chi connectivity index (χ4n) is 1.89. The van der Waals surface area contributed by atoms with E-state index in [9.17, 15) is 0 Å². The normalized spacial score (nSPS) is 10.6. The molecule has 0 atom stereocenters. The van der Waals surface area contributed by atoms with Gasteiger partial charge in [-0.05, 0) is 19.4 Å². The van der Waals surface area contributed by atoms with E-state index in [1.54, 1.807) is 0 Å². The van der Waals surface area contributed by atoms with Crippen molar-refractivity contribution in [2.24, 2.45) is 7.05 Å². The van der Waals surface area contributed by atoms with Gasteiger partial charge in [-0.2, -0.15) is 10.1 Å². The number of nitrogens with zero attached hydrogens (tertiary/aromatic N) is 4. The predicted octanol–water partition coefficient (Wildman–Crippen LogP) is 2.00. The summed E-state index contributed by atoms with van der Waals surface area (Å²) >= 11 is 0. The molecule has 0 aliphatic heterocycles. The molecule has 0 spiro atoms. The van der Waals surface area contributed by atoms with E-state index in [1.807, 2.05) is 37.0 Å². The molecule has 0 saturated heterocycles. The molecule has 2 heterocycles. The fraction of sp³-hybridized carbons (Fsp3) is 0.500. The molecule has 0 bridgehead atoms. The Labute approximate surface area is 119 Å². The van der Waals surface area contributed by atoms with Crippen LogP contribution in [0.4, 0.5) is 11.8 Å². The molecule has 0 amide bonds. The zero-order valence-electron chi connectivity index (χ0n) is 12.3. The Balaban J connectivity index is 1.89. The van der Waals surface area contributed by atoms with Crippen molar-refractivity contribution in [3.8, 4) is 0 Å². The molecule has 2 aromatic heterocycles. The Bertz CT molecular complexity index is 548. The molecular weight excluding hydrogens is 252 g/mol. The summed E-state index contributed by atoms with van der Waals surface area (Å²) in [6, 6.07) is 3.98. The van der Waals surface area contributed by atoms with Crippen molar-refractivity contribution in [3.05, 3.63) is 29.7 Å². The van der Waals surface area contributed by atoms with E-state index in [4.69, 9.17) is 0 Å². The van der Waals surface area contributed by atoms with Gasteiger partial charge in [-0.25, -0.2) is 4.98 Å². The summed E-state index contributed by atoms with van der Waals surface area (Å²) in [7, 11) is 1.93. The molecule has 6 nitrogen and oxygen atoms in total. The lowest BCUT2D eigenvalue weighted by Crippen LogP contribution is -2.10. The highest BCUT2D eigenvalue weighted by molar-refractivity contribution is 5.42. The van der Waals surface area contributed by atoms with Crippen LogP contribution in [0.2, 0.25) is 0 Å². The van der Waals surface area contributed by atoms with Gasteiger partial charge in [0, 0.05) is 44.5 Å². The van der Waals surface area contributed by atoms with Crippen molar-refractivity contribution >= 4 is 11.8 Å². The molecule has 0 saturated carbocycles. The van der Waals surface area contributed by atoms with E-state index in [0.29, 0.717) is 5.95 Å². The molecule has 0 aliphatic rings. The van der Waals surface area contributed by atoms with Crippen LogP contribution >= 0.6 is 0 Å². The summed E-state index contributed by atoms with van der Waals surface area (Å²) < 4.78 is 1.82. The van der Waals surface area contributed by atoms with Crippen LogP contribution in [-0.2, 0) is 13.5 Å². The lowest BCUT2D eigenvalue weighted by Gasteiger charge is -2.09. The first-order valence-electron chi connectivity index (χ1n) is 6.99. The summed E-state index contributed by atoms with van der Waals surface area (Å²) in [5.74, 6) is 1.54. The van der Waals surface area contributed by atoms with Crippen LogP contribution in [0.15, 0.2) is 18.3 Å². The Hall–Kier alpha value is -2.11. The third kappa shape index (κ3) is 4.22. The molecule has 2 N–H and O–H groups in total. The summed E-state index contributed by atoms with van der Waals surface area (Å²) in [6.45, 7) is 5.79.